The van der Waals surface area contributed by atoms with E-state index in [4.69, 9.17) is 23.2 Å². The number of nitrogens with zero attached hydrogens (tertiary/aromatic N) is 2. The lowest BCUT2D eigenvalue weighted by molar-refractivity contribution is 0.0934. The first kappa shape index (κ1) is 17.5. The number of nitrogens with one attached hydrogen (secondary N) is 1. The van der Waals surface area contributed by atoms with Crippen LogP contribution in [0.4, 0.5) is 0 Å². The first-order valence-corrected chi connectivity index (χ1v) is 8.36. The Kier molecular flexibility index (Phi) is 4.79. The zero-order chi connectivity index (χ0) is 18.1. The maximum atomic E-state index is 12.7. The number of aryl methyl sites for hydroxylation is 1. The lowest BCUT2D eigenvalue weighted by atomic mass is 10.1. The minimum Gasteiger partial charge on any atom is -0.344 e. The summed E-state index contributed by atoms with van der Waals surface area (Å²) in [7, 11) is 1.52. The summed E-state index contributed by atoms with van der Waals surface area (Å²) in [5.41, 5.74) is 0.684. The molecule has 1 heterocycles. The maximum absolute atomic E-state index is 12.7. The van der Waals surface area contributed by atoms with Crippen LogP contribution in [0.3, 0.4) is 0 Å². The molecule has 0 radical (unpaired) electrons. The average molecular weight is 376 g/mol. The number of aromatic nitrogens is 2. The van der Waals surface area contributed by atoms with Crippen LogP contribution in [0, 0.1) is 0 Å². The lowest BCUT2D eigenvalue weighted by Gasteiger charge is -2.16. The highest BCUT2D eigenvalue weighted by molar-refractivity contribution is 6.35. The molecule has 0 saturated carbocycles. The molecule has 1 atom stereocenters. The zero-order valence-electron chi connectivity index (χ0n) is 13.6. The Morgan fingerprint density at radius 1 is 1.16 bits per heavy atom. The van der Waals surface area contributed by atoms with Gasteiger partial charge >= 0.3 is 0 Å². The Labute approximate surface area is 154 Å². The van der Waals surface area contributed by atoms with Gasteiger partial charge in [-0.1, -0.05) is 47.5 Å². The van der Waals surface area contributed by atoms with E-state index in [1.165, 1.54) is 7.05 Å². The predicted octanol–water partition coefficient (Wildman–Crippen LogP) is 3.73. The van der Waals surface area contributed by atoms with Crippen LogP contribution in [-0.4, -0.2) is 15.7 Å². The second-order valence-corrected chi connectivity index (χ2v) is 6.53. The predicted molar refractivity (Wildman–Crippen MR) is 99.3 cm³/mol. The summed E-state index contributed by atoms with van der Waals surface area (Å²) in [6.45, 7) is 1.82. The number of rotatable bonds is 3. The summed E-state index contributed by atoms with van der Waals surface area (Å²) in [5, 5.41) is 8.94. The Bertz CT molecular complexity index is 1030. The number of halogens is 2. The molecule has 1 aromatic heterocycles. The van der Waals surface area contributed by atoms with Crippen molar-refractivity contribution in [2.45, 2.75) is 13.0 Å². The van der Waals surface area contributed by atoms with Crippen LogP contribution in [0.25, 0.3) is 10.8 Å². The Morgan fingerprint density at radius 3 is 2.52 bits per heavy atom. The second kappa shape index (κ2) is 6.86. The van der Waals surface area contributed by atoms with E-state index in [0.29, 0.717) is 20.8 Å². The number of amides is 1. The molecule has 7 heteroatoms. The van der Waals surface area contributed by atoms with E-state index >= 15 is 0 Å². The SMILES string of the molecule is C[C@H](NC(=O)c1nn(C)c(=O)c2ccccc12)c1ccc(Cl)cc1Cl. The molecule has 2 aromatic carbocycles. The third kappa shape index (κ3) is 3.38. The van der Waals surface area contributed by atoms with Crippen LogP contribution in [0.1, 0.15) is 29.0 Å². The minimum atomic E-state index is -0.384. The van der Waals surface area contributed by atoms with E-state index in [2.05, 4.69) is 10.4 Å². The highest BCUT2D eigenvalue weighted by Crippen LogP contribution is 2.26. The van der Waals surface area contributed by atoms with Gasteiger partial charge in [0.05, 0.1) is 11.4 Å². The fourth-order valence-corrected chi connectivity index (χ4v) is 3.24. The quantitative estimate of drug-likeness (QED) is 0.758. The van der Waals surface area contributed by atoms with Crippen LogP contribution in [0.2, 0.25) is 10.0 Å². The Balaban J connectivity index is 1.98. The van der Waals surface area contributed by atoms with Gasteiger partial charge in [0.25, 0.3) is 11.5 Å². The van der Waals surface area contributed by atoms with Crippen LogP contribution >= 0.6 is 23.2 Å². The van der Waals surface area contributed by atoms with Crippen molar-refractivity contribution in [3.05, 3.63) is 74.1 Å². The largest absolute Gasteiger partial charge is 0.344 e. The molecule has 0 saturated heterocycles. The molecule has 0 aliphatic heterocycles. The minimum absolute atomic E-state index is 0.189. The number of carbonyl (C=O) groups is 1. The van der Waals surface area contributed by atoms with Crippen molar-refractivity contribution in [1.29, 1.82) is 0 Å². The first-order chi connectivity index (χ1) is 11.9. The topological polar surface area (TPSA) is 64.0 Å². The highest BCUT2D eigenvalue weighted by atomic mass is 35.5. The first-order valence-electron chi connectivity index (χ1n) is 7.60. The number of hydrogen-bond acceptors (Lipinski definition) is 3. The van der Waals surface area contributed by atoms with Gasteiger partial charge in [-0.25, -0.2) is 4.68 Å². The summed E-state index contributed by atoms with van der Waals surface area (Å²) in [6, 6.07) is 11.7. The third-order valence-electron chi connectivity index (χ3n) is 3.95. The summed E-state index contributed by atoms with van der Waals surface area (Å²) in [6.07, 6.45) is 0. The van der Waals surface area contributed by atoms with Crippen molar-refractivity contribution in [2.75, 3.05) is 0 Å². The normalized spacial score (nSPS) is 12.2. The van der Waals surface area contributed by atoms with Gasteiger partial charge in [0.2, 0.25) is 0 Å². The van der Waals surface area contributed by atoms with Crippen LogP contribution < -0.4 is 10.9 Å². The molecule has 25 heavy (non-hydrogen) atoms. The van der Waals surface area contributed by atoms with Crippen molar-refractivity contribution in [3.63, 3.8) is 0 Å². The molecule has 0 bridgehead atoms. The van der Waals surface area contributed by atoms with Crippen molar-refractivity contribution in [1.82, 2.24) is 15.1 Å². The van der Waals surface area contributed by atoms with Crippen LogP contribution in [0.5, 0.6) is 0 Å². The van der Waals surface area contributed by atoms with E-state index in [1.54, 1.807) is 42.5 Å². The second-order valence-electron chi connectivity index (χ2n) is 5.68. The Hall–Kier alpha value is -2.37. The van der Waals surface area contributed by atoms with Crippen molar-refractivity contribution >= 4 is 39.9 Å². The van der Waals surface area contributed by atoms with E-state index in [1.807, 2.05) is 6.92 Å². The summed E-state index contributed by atoms with van der Waals surface area (Å²) < 4.78 is 1.16. The third-order valence-corrected chi connectivity index (χ3v) is 4.51. The van der Waals surface area contributed by atoms with Crippen molar-refractivity contribution < 1.29 is 4.79 Å². The molecule has 0 aliphatic carbocycles. The molecule has 1 amide bonds. The van der Waals surface area contributed by atoms with E-state index < -0.39 is 0 Å². The highest BCUT2D eigenvalue weighted by Gasteiger charge is 2.19. The number of benzene rings is 2. The van der Waals surface area contributed by atoms with E-state index in [-0.39, 0.29) is 23.2 Å². The fourth-order valence-electron chi connectivity index (χ4n) is 2.66. The lowest BCUT2D eigenvalue weighted by Crippen LogP contribution is -2.31. The van der Waals surface area contributed by atoms with E-state index in [9.17, 15) is 9.59 Å². The molecule has 128 valence electrons. The van der Waals surface area contributed by atoms with Crippen LogP contribution in [-0.2, 0) is 7.05 Å². The molecule has 5 nitrogen and oxygen atoms in total. The summed E-state index contributed by atoms with van der Waals surface area (Å²) >= 11 is 12.1. The smallest absolute Gasteiger partial charge is 0.274 e. The monoisotopic (exact) mass is 375 g/mol. The van der Waals surface area contributed by atoms with Crippen molar-refractivity contribution in [2.24, 2.45) is 7.05 Å². The van der Waals surface area contributed by atoms with Gasteiger partial charge in [0, 0.05) is 22.5 Å². The average Bonchev–Trinajstić information content (AvgIpc) is 2.57. The molecule has 0 spiro atoms. The number of fused-ring (bicyclic) bond motifs is 1. The molecular formula is C18H15Cl2N3O2. The number of carbonyl (C=O) groups excluding carboxylic acids is 1. The molecule has 3 rings (SSSR count). The molecule has 3 aromatic rings. The molecule has 0 fully saturated rings. The van der Waals surface area contributed by atoms with Crippen LogP contribution in [0.15, 0.2) is 47.3 Å². The van der Waals surface area contributed by atoms with E-state index in [0.717, 1.165) is 10.2 Å². The molecular weight excluding hydrogens is 361 g/mol. The standard InChI is InChI=1S/C18H15Cl2N3O2/c1-10(12-8-7-11(19)9-15(12)20)21-17(24)16-13-5-3-4-6-14(13)18(25)23(2)22-16/h3-10H,1-2H3,(H,21,24)/t10-/m0/s1. The van der Waals surface area contributed by atoms with Gasteiger partial charge in [-0.3, -0.25) is 9.59 Å². The van der Waals surface area contributed by atoms with Crippen molar-refractivity contribution in [3.8, 4) is 0 Å². The molecule has 0 aliphatic rings. The van der Waals surface area contributed by atoms with Gasteiger partial charge in [-0.15, -0.1) is 0 Å². The summed E-state index contributed by atoms with van der Waals surface area (Å²) in [4.78, 5) is 24.9. The van der Waals surface area contributed by atoms with Gasteiger partial charge in [-0.05, 0) is 30.7 Å². The summed E-state index contributed by atoms with van der Waals surface area (Å²) in [5.74, 6) is -0.384. The Morgan fingerprint density at radius 2 is 1.84 bits per heavy atom. The van der Waals surface area contributed by atoms with Gasteiger partial charge < -0.3 is 5.32 Å². The molecule has 0 unspecified atom stereocenters. The maximum Gasteiger partial charge on any atom is 0.274 e. The molecule has 1 N–H and O–H groups in total. The fraction of sp³-hybridized carbons (Fsp3) is 0.167. The van der Waals surface area contributed by atoms with Gasteiger partial charge in [0.1, 0.15) is 0 Å². The zero-order valence-corrected chi connectivity index (χ0v) is 15.1. The van der Waals surface area contributed by atoms with Gasteiger partial charge in [-0.2, -0.15) is 5.10 Å². The number of hydrogen-bond donors (Lipinski definition) is 1. The van der Waals surface area contributed by atoms with Gasteiger partial charge in [0.15, 0.2) is 5.69 Å².